The molecule has 24 heavy (non-hydrogen) atoms. The van der Waals surface area contributed by atoms with E-state index in [1.807, 2.05) is 0 Å². The van der Waals surface area contributed by atoms with Gasteiger partial charge >= 0.3 is 12.1 Å². The topological polar surface area (TPSA) is 56.1 Å². The van der Waals surface area contributed by atoms with Crippen molar-refractivity contribution in [1.82, 2.24) is 9.78 Å². The summed E-state index contributed by atoms with van der Waals surface area (Å²) in [5, 5.41) is 6.21. The Bertz CT molecular complexity index is 747. The molecular weight excluding hydrogens is 337 g/mol. The lowest BCUT2D eigenvalue weighted by Crippen LogP contribution is -2.11. The fourth-order valence-electron chi connectivity index (χ4n) is 2.04. The van der Waals surface area contributed by atoms with Crippen LogP contribution in [0.5, 0.6) is 0 Å². The van der Waals surface area contributed by atoms with E-state index in [0.29, 0.717) is 4.68 Å². The van der Waals surface area contributed by atoms with Gasteiger partial charge in [-0.3, -0.25) is 4.68 Å². The van der Waals surface area contributed by atoms with Crippen molar-refractivity contribution in [2.45, 2.75) is 12.7 Å². The number of anilines is 1. The second kappa shape index (κ2) is 6.46. The summed E-state index contributed by atoms with van der Waals surface area (Å²) in [4.78, 5) is 11.2. The van der Waals surface area contributed by atoms with Crippen LogP contribution in [0.2, 0.25) is 0 Å². The number of ether oxygens (including phenoxy) is 1. The standard InChI is InChI=1S/C14H12F5N3O2/c1-22-11(14(17,18)19)5-8(21-22)6-20-7-3-9(15)12(10(16)4-7)13(23)24-2/h3-5,20H,6H2,1-2H3. The number of halogens is 5. The maximum atomic E-state index is 13.7. The predicted octanol–water partition coefficient (Wildman–Crippen LogP) is 3.12. The normalized spacial score (nSPS) is 11.5. The number of hydrogen-bond acceptors (Lipinski definition) is 4. The molecule has 0 saturated heterocycles. The van der Waals surface area contributed by atoms with Crippen LogP contribution in [-0.2, 0) is 24.5 Å². The van der Waals surface area contributed by atoms with Crippen LogP contribution in [0.3, 0.4) is 0 Å². The van der Waals surface area contributed by atoms with E-state index in [-0.39, 0.29) is 17.9 Å². The van der Waals surface area contributed by atoms with Gasteiger partial charge in [0.2, 0.25) is 0 Å². The van der Waals surface area contributed by atoms with Crippen LogP contribution in [0.4, 0.5) is 27.6 Å². The van der Waals surface area contributed by atoms with Gasteiger partial charge in [0.15, 0.2) is 0 Å². The first-order valence-electron chi connectivity index (χ1n) is 6.54. The summed E-state index contributed by atoms with van der Waals surface area (Å²) < 4.78 is 70.4. The summed E-state index contributed by atoms with van der Waals surface area (Å²) >= 11 is 0. The second-order valence-corrected chi connectivity index (χ2v) is 4.80. The Kier molecular flexibility index (Phi) is 4.76. The SMILES string of the molecule is COC(=O)c1c(F)cc(NCc2cc(C(F)(F)F)n(C)n2)cc1F. The summed E-state index contributed by atoms with van der Waals surface area (Å²) in [6.45, 7) is -0.194. The molecule has 0 amide bonds. The summed E-state index contributed by atoms with van der Waals surface area (Å²) in [7, 11) is 2.11. The first-order chi connectivity index (χ1) is 11.1. The van der Waals surface area contributed by atoms with E-state index in [9.17, 15) is 26.7 Å². The van der Waals surface area contributed by atoms with Gasteiger partial charge in [-0.05, 0) is 18.2 Å². The summed E-state index contributed by atoms with van der Waals surface area (Å²) in [5.41, 5.74) is -1.82. The van der Waals surface area contributed by atoms with Gasteiger partial charge in [-0.1, -0.05) is 0 Å². The van der Waals surface area contributed by atoms with E-state index in [0.717, 1.165) is 32.4 Å². The van der Waals surface area contributed by atoms with E-state index in [2.05, 4.69) is 15.2 Å². The predicted molar refractivity (Wildman–Crippen MR) is 73.2 cm³/mol. The number of hydrogen-bond donors (Lipinski definition) is 1. The molecule has 0 saturated carbocycles. The van der Waals surface area contributed by atoms with Crippen LogP contribution in [0.1, 0.15) is 21.7 Å². The van der Waals surface area contributed by atoms with Crippen molar-refractivity contribution in [3.05, 3.63) is 46.8 Å². The Morgan fingerprint density at radius 1 is 1.25 bits per heavy atom. The fraction of sp³-hybridized carbons (Fsp3) is 0.286. The molecule has 10 heteroatoms. The molecule has 130 valence electrons. The molecule has 1 N–H and O–H groups in total. The van der Waals surface area contributed by atoms with Crippen molar-refractivity contribution in [2.75, 3.05) is 12.4 Å². The average Bonchev–Trinajstić information content (AvgIpc) is 2.85. The van der Waals surface area contributed by atoms with E-state index >= 15 is 0 Å². The lowest BCUT2D eigenvalue weighted by atomic mass is 10.1. The molecule has 0 fully saturated rings. The monoisotopic (exact) mass is 349 g/mol. The van der Waals surface area contributed by atoms with Gasteiger partial charge in [-0.2, -0.15) is 18.3 Å². The van der Waals surface area contributed by atoms with Crippen LogP contribution in [0.25, 0.3) is 0 Å². The molecule has 0 aliphatic rings. The van der Waals surface area contributed by atoms with Gasteiger partial charge in [-0.25, -0.2) is 13.6 Å². The minimum absolute atomic E-state index is 0.0303. The molecular formula is C14H12F5N3O2. The van der Waals surface area contributed by atoms with Crippen LogP contribution in [-0.4, -0.2) is 22.9 Å². The average molecular weight is 349 g/mol. The number of nitrogens with zero attached hydrogens (tertiary/aromatic N) is 2. The van der Waals surface area contributed by atoms with Crippen molar-refractivity contribution < 1.29 is 31.5 Å². The van der Waals surface area contributed by atoms with Crippen molar-refractivity contribution in [3.63, 3.8) is 0 Å². The number of methoxy groups -OCH3 is 1. The van der Waals surface area contributed by atoms with Gasteiger partial charge in [0, 0.05) is 12.7 Å². The Hall–Kier alpha value is -2.65. The first-order valence-corrected chi connectivity index (χ1v) is 6.54. The van der Waals surface area contributed by atoms with E-state index in [1.165, 1.54) is 0 Å². The van der Waals surface area contributed by atoms with Gasteiger partial charge in [0.25, 0.3) is 0 Å². The number of alkyl halides is 3. The molecule has 0 aliphatic carbocycles. The van der Waals surface area contributed by atoms with Crippen molar-refractivity contribution in [1.29, 1.82) is 0 Å². The first kappa shape index (κ1) is 17.7. The molecule has 2 rings (SSSR count). The lowest BCUT2D eigenvalue weighted by molar-refractivity contribution is -0.143. The third-order valence-electron chi connectivity index (χ3n) is 3.13. The van der Waals surface area contributed by atoms with Crippen LogP contribution < -0.4 is 5.32 Å². The van der Waals surface area contributed by atoms with E-state index < -0.39 is 35.0 Å². The molecule has 0 aliphatic heterocycles. The Labute approximate surface area is 133 Å². The Balaban J connectivity index is 2.17. The zero-order valence-corrected chi connectivity index (χ0v) is 12.5. The number of aromatic nitrogens is 2. The molecule has 0 unspecified atom stereocenters. The Morgan fingerprint density at radius 3 is 2.29 bits per heavy atom. The molecule has 0 radical (unpaired) electrons. The molecule has 2 aromatic rings. The quantitative estimate of drug-likeness (QED) is 0.681. The lowest BCUT2D eigenvalue weighted by Gasteiger charge is -2.08. The molecule has 0 atom stereocenters. The largest absolute Gasteiger partial charge is 0.465 e. The third kappa shape index (κ3) is 3.63. The van der Waals surface area contributed by atoms with Crippen LogP contribution in [0.15, 0.2) is 18.2 Å². The maximum Gasteiger partial charge on any atom is 0.433 e. The highest BCUT2D eigenvalue weighted by Crippen LogP contribution is 2.29. The number of esters is 1. The maximum absolute atomic E-state index is 13.7. The van der Waals surface area contributed by atoms with E-state index in [4.69, 9.17) is 0 Å². The Morgan fingerprint density at radius 2 is 1.83 bits per heavy atom. The minimum Gasteiger partial charge on any atom is -0.465 e. The molecule has 0 bridgehead atoms. The summed E-state index contributed by atoms with van der Waals surface area (Å²) in [5.74, 6) is -3.47. The summed E-state index contributed by atoms with van der Waals surface area (Å²) in [6.07, 6.45) is -4.56. The summed E-state index contributed by atoms with van der Waals surface area (Å²) in [6, 6.07) is 2.49. The molecule has 0 spiro atoms. The van der Waals surface area contributed by atoms with Crippen LogP contribution >= 0.6 is 0 Å². The number of rotatable bonds is 4. The van der Waals surface area contributed by atoms with Crippen molar-refractivity contribution >= 4 is 11.7 Å². The van der Waals surface area contributed by atoms with Gasteiger partial charge in [0.1, 0.15) is 22.9 Å². The van der Waals surface area contributed by atoms with Gasteiger partial charge in [0.05, 0.1) is 19.3 Å². The zero-order chi connectivity index (χ0) is 18.1. The number of nitrogens with one attached hydrogen (secondary N) is 1. The molecule has 1 aromatic heterocycles. The van der Waals surface area contributed by atoms with Crippen molar-refractivity contribution in [3.8, 4) is 0 Å². The highest BCUT2D eigenvalue weighted by molar-refractivity contribution is 5.90. The number of benzene rings is 1. The highest BCUT2D eigenvalue weighted by Gasteiger charge is 2.34. The van der Waals surface area contributed by atoms with Gasteiger partial charge < -0.3 is 10.1 Å². The molecule has 5 nitrogen and oxygen atoms in total. The molecule has 1 heterocycles. The fourth-order valence-corrected chi connectivity index (χ4v) is 2.04. The molecule has 1 aromatic carbocycles. The third-order valence-corrected chi connectivity index (χ3v) is 3.13. The zero-order valence-electron chi connectivity index (χ0n) is 12.5. The van der Waals surface area contributed by atoms with Gasteiger partial charge in [-0.15, -0.1) is 0 Å². The number of aryl methyl sites for hydroxylation is 1. The number of carbonyl (C=O) groups excluding carboxylic acids is 1. The van der Waals surface area contributed by atoms with Crippen molar-refractivity contribution in [2.24, 2.45) is 7.05 Å². The number of carbonyl (C=O) groups is 1. The smallest absolute Gasteiger partial charge is 0.433 e. The second-order valence-electron chi connectivity index (χ2n) is 4.80. The van der Waals surface area contributed by atoms with E-state index in [1.54, 1.807) is 0 Å². The van der Waals surface area contributed by atoms with Crippen LogP contribution in [0, 0.1) is 11.6 Å². The highest BCUT2D eigenvalue weighted by atomic mass is 19.4. The minimum atomic E-state index is -4.56.